The minimum Gasteiger partial charge on any atom is -0.394 e. The summed E-state index contributed by atoms with van der Waals surface area (Å²) in [6.07, 6.45) is 16.8. The van der Waals surface area contributed by atoms with Crippen molar-refractivity contribution in [2.24, 2.45) is 5.73 Å². The number of fused-ring (bicyclic) bond motifs is 2. The zero-order valence-electron chi connectivity index (χ0n) is 27.6. The number of nitrogens with one attached hydrogen (secondary N) is 1. The van der Waals surface area contributed by atoms with E-state index in [1.165, 1.54) is 105 Å². The highest BCUT2D eigenvalue weighted by Gasteiger charge is 2.11. The monoisotopic (exact) mass is 680 g/mol. The molecule has 4 N–H and O–H groups in total. The standard InChI is InChI=1S/C16H26N2O.C13H20N2.C3H7BrO.C3H8O.CH4/c1-19-13-12-17-11-5-4-7-15-10-9-14-6-2-3-8-16(14)18-15;14-10-4-3-6-12-9-8-11-5-1-2-7-13(11)15-12;1-5-3-2-4;1-3(2)4;/h9-10,17H,2-8,11-13H2,1H3;8-9H,1-7,10,14H2;2-3H2,1H3;3-4H,1-2H3;1H4. The molecule has 2 heterocycles. The van der Waals surface area contributed by atoms with Gasteiger partial charge in [0.1, 0.15) is 0 Å². The van der Waals surface area contributed by atoms with Gasteiger partial charge in [0, 0.05) is 55.0 Å². The van der Waals surface area contributed by atoms with Gasteiger partial charge in [0.05, 0.1) is 13.2 Å². The average molecular weight is 682 g/mol. The summed E-state index contributed by atoms with van der Waals surface area (Å²) < 4.78 is 9.64. The summed E-state index contributed by atoms with van der Waals surface area (Å²) in [6, 6.07) is 9.00. The minimum atomic E-state index is -0.167. The van der Waals surface area contributed by atoms with Crippen LogP contribution in [0.2, 0.25) is 0 Å². The lowest BCUT2D eigenvalue weighted by atomic mass is 9.95. The Labute approximate surface area is 278 Å². The number of aliphatic hydroxyl groups is 1. The van der Waals surface area contributed by atoms with E-state index in [1.807, 2.05) is 0 Å². The Morgan fingerprint density at radius 1 is 0.773 bits per heavy atom. The van der Waals surface area contributed by atoms with Gasteiger partial charge in [0.15, 0.2) is 0 Å². The third kappa shape index (κ3) is 21.3. The number of hydrogen-bond donors (Lipinski definition) is 3. The van der Waals surface area contributed by atoms with Gasteiger partial charge in [0.2, 0.25) is 0 Å². The number of nitrogens with two attached hydrogens (primary N) is 1. The van der Waals surface area contributed by atoms with Gasteiger partial charge < -0.3 is 25.6 Å². The summed E-state index contributed by atoms with van der Waals surface area (Å²) in [7, 11) is 3.42. The van der Waals surface area contributed by atoms with Crippen molar-refractivity contribution in [3.05, 3.63) is 58.2 Å². The highest BCUT2D eigenvalue weighted by Crippen LogP contribution is 2.21. The quantitative estimate of drug-likeness (QED) is 0.149. The summed E-state index contributed by atoms with van der Waals surface area (Å²) in [4.78, 5) is 9.56. The van der Waals surface area contributed by atoms with Crippen molar-refractivity contribution >= 4 is 15.9 Å². The first-order valence-corrected chi connectivity index (χ1v) is 17.6. The number of rotatable bonds is 14. The highest BCUT2D eigenvalue weighted by atomic mass is 79.9. The van der Waals surface area contributed by atoms with Crippen molar-refractivity contribution in [2.75, 3.05) is 52.4 Å². The van der Waals surface area contributed by atoms with Gasteiger partial charge in [-0.25, -0.2) is 0 Å². The van der Waals surface area contributed by atoms with Gasteiger partial charge in [-0.3, -0.25) is 9.97 Å². The molecular formula is C36H65BrN4O3. The first-order valence-electron chi connectivity index (χ1n) is 16.5. The fraction of sp³-hybridized carbons (Fsp3) is 0.722. The van der Waals surface area contributed by atoms with E-state index in [0.29, 0.717) is 0 Å². The number of alkyl halides is 1. The third-order valence-electron chi connectivity index (χ3n) is 7.16. The molecule has 44 heavy (non-hydrogen) atoms. The molecule has 8 heteroatoms. The summed E-state index contributed by atoms with van der Waals surface area (Å²) >= 11 is 3.18. The molecule has 0 unspecified atom stereocenters. The van der Waals surface area contributed by atoms with Crippen molar-refractivity contribution in [1.29, 1.82) is 0 Å². The van der Waals surface area contributed by atoms with Gasteiger partial charge in [0.25, 0.3) is 0 Å². The van der Waals surface area contributed by atoms with E-state index in [2.05, 4.69) is 50.2 Å². The summed E-state index contributed by atoms with van der Waals surface area (Å²) in [6.45, 7) is 7.87. The molecule has 0 amide bonds. The number of unbranched alkanes of at least 4 members (excludes halogenated alkanes) is 2. The lowest BCUT2D eigenvalue weighted by Crippen LogP contribution is -2.20. The molecule has 2 aliphatic carbocycles. The zero-order valence-corrected chi connectivity index (χ0v) is 29.2. The van der Waals surface area contributed by atoms with E-state index in [4.69, 9.17) is 25.5 Å². The van der Waals surface area contributed by atoms with Gasteiger partial charge >= 0.3 is 0 Å². The molecule has 0 atom stereocenters. The minimum absolute atomic E-state index is 0. The maximum atomic E-state index is 8.06. The van der Waals surface area contributed by atoms with Crippen LogP contribution >= 0.6 is 15.9 Å². The fourth-order valence-electron chi connectivity index (χ4n) is 4.92. The molecule has 254 valence electrons. The largest absolute Gasteiger partial charge is 0.394 e. The number of halogens is 1. The predicted molar refractivity (Wildman–Crippen MR) is 191 cm³/mol. The van der Waals surface area contributed by atoms with Crippen molar-refractivity contribution in [3.8, 4) is 0 Å². The van der Waals surface area contributed by atoms with Crippen molar-refractivity contribution < 1.29 is 14.6 Å². The van der Waals surface area contributed by atoms with Crippen LogP contribution in [0, 0.1) is 0 Å². The lowest BCUT2D eigenvalue weighted by Gasteiger charge is -2.15. The molecular weight excluding hydrogens is 616 g/mol. The number of methoxy groups -OCH3 is 2. The first kappa shape index (κ1) is 42.6. The molecule has 2 aliphatic rings. The van der Waals surface area contributed by atoms with E-state index in [9.17, 15) is 0 Å². The van der Waals surface area contributed by atoms with E-state index >= 15 is 0 Å². The molecule has 2 aromatic heterocycles. The number of nitrogens with zero attached hydrogens (tertiary/aromatic N) is 2. The lowest BCUT2D eigenvalue weighted by molar-refractivity contribution is 0.199. The van der Waals surface area contributed by atoms with Gasteiger partial charge in [-0.2, -0.15) is 0 Å². The van der Waals surface area contributed by atoms with Crippen molar-refractivity contribution in [3.63, 3.8) is 0 Å². The van der Waals surface area contributed by atoms with Crippen LogP contribution < -0.4 is 11.1 Å². The molecule has 2 aromatic rings. The number of aliphatic hydroxyl groups excluding tert-OH is 1. The number of aryl methyl sites for hydroxylation is 6. The number of hydrogen-bond acceptors (Lipinski definition) is 7. The van der Waals surface area contributed by atoms with Crippen LogP contribution in [0.4, 0.5) is 0 Å². The number of pyridine rings is 2. The Morgan fingerprint density at radius 2 is 1.25 bits per heavy atom. The summed E-state index contributed by atoms with van der Waals surface area (Å²) in [5.74, 6) is 0. The molecule has 0 spiro atoms. The van der Waals surface area contributed by atoms with Crippen LogP contribution in [0.15, 0.2) is 24.3 Å². The Hall–Kier alpha value is -1.42. The van der Waals surface area contributed by atoms with Crippen molar-refractivity contribution in [1.82, 2.24) is 15.3 Å². The summed E-state index contributed by atoms with van der Waals surface area (Å²) in [5, 5.41) is 12.4. The Kier molecular flexibility index (Phi) is 28.1. The van der Waals surface area contributed by atoms with Crippen LogP contribution in [0.5, 0.6) is 0 Å². The highest BCUT2D eigenvalue weighted by molar-refractivity contribution is 9.09. The second-order valence-corrected chi connectivity index (χ2v) is 12.2. The normalized spacial score (nSPS) is 13.1. The van der Waals surface area contributed by atoms with E-state index in [-0.39, 0.29) is 13.5 Å². The molecule has 4 rings (SSSR count). The molecule has 7 nitrogen and oxygen atoms in total. The molecule has 0 saturated heterocycles. The second kappa shape index (κ2) is 29.0. The SMILES string of the molecule is C.CC(C)O.COCCBr.COCCNCCCCc1ccc2c(n1)CCCC2.NCCCCc1ccc2c(n1)CCCC2. The topological polar surface area (TPSA) is 103 Å². The molecule has 0 aliphatic heterocycles. The molecule has 0 aromatic carbocycles. The van der Waals surface area contributed by atoms with E-state index < -0.39 is 0 Å². The van der Waals surface area contributed by atoms with E-state index in [0.717, 1.165) is 57.4 Å². The first-order chi connectivity index (χ1) is 20.9. The van der Waals surface area contributed by atoms with Crippen LogP contribution in [0.1, 0.15) is 107 Å². The smallest absolute Gasteiger partial charge is 0.0587 e. The average Bonchev–Trinajstić information content (AvgIpc) is 3.01. The van der Waals surface area contributed by atoms with Gasteiger partial charge in [-0.1, -0.05) is 35.5 Å². The number of aromatic nitrogens is 2. The third-order valence-corrected chi connectivity index (χ3v) is 7.48. The van der Waals surface area contributed by atoms with Crippen LogP contribution in [0.25, 0.3) is 0 Å². The van der Waals surface area contributed by atoms with Gasteiger partial charge in [-0.05, 0) is 140 Å². The molecule has 0 fully saturated rings. The van der Waals surface area contributed by atoms with Crippen LogP contribution in [-0.2, 0) is 48.0 Å². The second-order valence-electron chi connectivity index (χ2n) is 11.5. The van der Waals surface area contributed by atoms with E-state index in [1.54, 1.807) is 28.1 Å². The Bertz CT molecular complexity index is 941. The van der Waals surface area contributed by atoms with Crippen LogP contribution in [-0.4, -0.2) is 73.6 Å². The van der Waals surface area contributed by atoms with Crippen molar-refractivity contribution in [2.45, 2.75) is 117 Å². The van der Waals surface area contributed by atoms with Crippen LogP contribution in [0.3, 0.4) is 0 Å². The maximum absolute atomic E-state index is 8.06. The molecule has 0 bridgehead atoms. The summed E-state index contributed by atoms with van der Waals surface area (Å²) in [5.41, 5.74) is 13.7. The Balaban J connectivity index is 0.000000658. The van der Waals surface area contributed by atoms with Gasteiger partial charge in [-0.15, -0.1) is 0 Å². The predicted octanol–water partition coefficient (Wildman–Crippen LogP) is 6.81. The number of ether oxygens (including phenoxy) is 2. The fourth-order valence-corrected chi connectivity index (χ4v) is 5.24. The zero-order chi connectivity index (χ0) is 31.5. The Morgan fingerprint density at radius 3 is 1.68 bits per heavy atom. The molecule has 0 saturated carbocycles. The molecule has 0 radical (unpaired) electrons. The maximum Gasteiger partial charge on any atom is 0.0587 e.